The van der Waals surface area contributed by atoms with E-state index in [1.54, 1.807) is 31.2 Å². The molecular formula is C21H22N2O4S. The van der Waals surface area contributed by atoms with Gasteiger partial charge in [-0.25, -0.2) is 0 Å². The van der Waals surface area contributed by atoms with Crippen LogP contribution in [-0.2, 0) is 16.0 Å². The monoisotopic (exact) mass is 398 g/mol. The number of aryl methyl sites for hydroxylation is 1. The van der Waals surface area contributed by atoms with Crippen molar-refractivity contribution < 1.29 is 19.5 Å². The summed E-state index contributed by atoms with van der Waals surface area (Å²) in [5, 5.41) is 14.3. The third-order valence-electron chi connectivity index (χ3n) is 4.66. The Morgan fingerprint density at radius 1 is 1.14 bits per heavy atom. The number of carbonyl (C=O) groups excluding carboxylic acids is 2. The van der Waals surface area contributed by atoms with Crippen LogP contribution in [0.4, 0.5) is 5.69 Å². The fraction of sp³-hybridized carbons (Fsp3) is 0.286. The van der Waals surface area contributed by atoms with E-state index in [-0.39, 0.29) is 17.9 Å². The van der Waals surface area contributed by atoms with E-state index in [0.29, 0.717) is 23.3 Å². The van der Waals surface area contributed by atoms with Gasteiger partial charge in [0.05, 0.1) is 11.6 Å². The average Bonchev–Trinajstić information content (AvgIpc) is 2.67. The lowest BCUT2D eigenvalue weighted by molar-refractivity contribution is -0.136. The van der Waals surface area contributed by atoms with Crippen molar-refractivity contribution in [2.45, 2.75) is 42.9 Å². The van der Waals surface area contributed by atoms with Crippen LogP contribution in [0, 0.1) is 0 Å². The molecule has 0 aromatic heterocycles. The van der Waals surface area contributed by atoms with E-state index in [2.05, 4.69) is 10.6 Å². The van der Waals surface area contributed by atoms with Crippen LogP contribution in [-0.4, -0.2) is 28.1 Å². The highest BCUT2D eigenvalue weighted by Crippen LogP contribution is 2.29. The Kier molecular flexibility index (Phi) is 6.04. The molecular weight excluding hydrogens is 376 g/mol. The summed E-state index contributed by atoms with van der Waals surface area (Å²) in [7, 11) is 0. The van der Waals surface area contributed by atoms with E-state index in [0.717, 1.165) is 28.6 Å². The maximum absolute atomic E-state index is 12.8. The smallest absolute Gasteiger partial charge is 0.316 e. The first-order valence-corrected chi connectivity index (χ1v) is 9.95. The first-order valence-electron chi connectivity index (χ1n) is 9.07. The number of aliphatic carboxylic acids is 1. The molecule has 1 aliphatic heterocycles. The summed E-state index contributed by atoms with van der Waals surface area (Å²) < 4.78 is 0. The van der Waals surface area contributed by atoms with Crippen LogP contribution in [0.25, 0.3) is 0 Å². The van der Waals surface area contributed by atoms with Gasteiger partial charge in [-0.05, 0) is 49.6 Å². The van der Waals surface area contributed by atoms with Crippen molar-refractivity contribution in [2.75, 3.05) is 5.32 Å². The molecule has 0 bridgehead atoms. The number of benzene rings is 2. The highest BCUT2D eigenvalue weighted by atomic mass is 32.2. The van der Waals surface area contributed by atoms with Crippen molar-refractivity contribution in [1.29, 1.82) is 0 Å². The van der Waals surface area contributed by atoms with Crippen LogP contribution in [0.5, 0.6) is 0 Å². The van der Waals surface area contributed by atoms with Crippen molar-refractivity contribution in [3.8, 4) is 0 Å². The van der Waals surface area contributed by atoms with Crippen molar-refractivity contribution in [2.24, 2.45) is 0 Å². The molecule has 0 spiro atoms. The predicted molar refractivity (Wildman–Crippen MR) is 109 cm³/mol. The number of hydrogen-bond donors (Lipinski definition) is 3. The number of fused-ring (bicyclic) bond motifs is 1. The summed E-state index contributed by atoms with van der Waals surface area (Å²) in [6.07, 6.45) is 1.14. The fourth-order valence-corrected chi connectivity index (χ4v) is 3.95. The van der Waals surface area contributed by atoms with Gasteiger partial charge in [0.1, 0.15) is 5.25 Å². The zero-order chi connectivity index (χ0) is 20.3. The van der Waals surface area contributed by atoms with Gasteiger partial charge in [0.25, 0.3) is 5.91 Å². The SMILES string of the molecule is CC(Sc1ccccc1C(=O)NC(C)c1ccc2c(c1)CCC(=O)N2)C(=O)O. The highest BCUT2D eigenvalue weighted by molar-refractivity contribution is 8.00. The minimum atomic E-state index is -0.922. The molecule has 0 radical (unpaired) electrons. The molecule has 2 aromatic rings. The molecule has 7 heteroatoms. The van der Waals surface area contributed by atoms with E-state index in [1.807, 2.05) is 25.1 Å². The summed E-state index contributed by atoms with van der Waals surface area (Å²) in [5.41, 5.74) is 3.29. The van der Waals surface area contributed by atoms with E-state index < -0.39 is 11.2 Å². The molecule has 2 atom stereocenters. The van der Waals surface area contributed by atoms with Gasteiger partial charge in [-0.2, -0.15) is 0 Å². The molecule has 3 N–H and O–H groups in total. The first-order chi connectivity index (χ1) is 13.3. The molecule has 2 amide bonds. The number of amides is 2. The Morgan fingerprint density at radius 3 is 2.64 bits per heavy atom. The van der Waals surface area contributed by atoms with Gasteiger partial charge in [0.2, 0.25) is 5.91 Å². The topological polar surface area (TPSA) is 95.5 Å². The molecule has 0 fully saturated rings. The fourth-order valence-electron chi connectivity index (χ4n) is 3.03. The van der Waals surface area contributed by atoms with E-state index in [1.165, 1.54) is 0 Å². The normalized spacial score (nSPS) is 15.1. The predicted octanol–water partition coefficient (Wildman–Crippen LogP) is 3.63. The Bertz CT molecular complexity index is 928. The number of carboxylic acid groups (broad SMARTS) is 1. The summed E-state index contributed by atoms with van der Waals surface area (Å²) in [6.45, 7) is 3.49. The maximum atomic E-state index is 12.8. The Morgan fingerprint density at radius 2 is 1.89 bits per heavy atom. The summed E-state index contributed by atoms with van der Waals surface area (Å²) in [5.74, 6) is -1.15. The van der Waals surface area contributed by atoms with E-state index in [9.17, 15) is 14.4 Å². The zero-order valence-corrected chi connectivity index (χ0v) is 16.5. The van der Waals surface area contributed by atoms with Crippen LogP contribution in [0.1, 0.15) is 47.8 Å². The number of hydrogen-bond acceptors (Lipinski definition) is 4. The Labute approximate surface area is 167 Å². The van der Waals surface area contributed by atoms with Crippen molar-refractivity contribution in [3.63, 3.8) is 0 Å². The summed E-state index contributed by atoms with van der Waals surface area (Å²) in [6, 6.07) is 12.5. The molecule has 2 unspecified atom stereocenters. The van der Waals surface area contributed by atoms with Crippen LogP contribution in [0.2, 0.25) is 0 Å². The summed E-state index contributed by atoms with van der Waals surface area (Å²) in [4.78, 5) is 36.1. The second kappa shape index (κ2) is 8.48. The standard InChI is InChI=1S/C21H22N2O4S/c1-12(14-7-9-17-15(11-14)8-10-19(24)23-17)22-20(25)16-5-3-4-6-18(16)28-13(2)21(26)27/h3-7,9,11-13H,8,10H2,1-2H3,(H,22,25)(H,23,24)(H,26,27). The van der Waals surface area contributed by atoms with Crippen LogP contribution >= 0.6 is 11.8 Å². The van der Waals surface area contributed by atoms with Gasteiger partial charge in [-0.3, -0.25) is 14.4 Å². The molecule has 2 aromatic carbocycles. The number of thioether (sulfide) groups is 1. The number of carboxylic acids is 1. The Balaban J connectivity index is 1.75. The third kappa shape index (κ3) is 4.54. The molecule has 146 valence electrons. The molecule has 0 aliphatic carbocycles. The number of carbonyl (C=O) groups is 3. The first kappa shape index (κ1) is 19.9. The molecule has 0 saturated carbocycles. The number of rotatable bonds is 6. The molecule has 0 saturated heterocycles. The second-order valence-electron chi connectivity index (χ2n) is 6.75. The molecule has 3 rings (SSSR count). The van der Waals surface area contributed by atoms with Gasteiger partial charge in [-0.15, -0.1) is 11.8 Å². The quantitative estimate of drug-likeness (QED) is 0.646. The maximum Gasteiger partial charge on any atom is 0.316 e. The van der Waals surface area contributed by atoms with Gasteiger partial charge in [0.15, 0.2) is 0 Å². The summed E-state index contributed by atoms with van der Waals surface area (Å²) >= 11 is 1.15. The minimum Gasteiger partial charge on any atom is -0.480 e. The molecule has 1 heterocycles. The largest absolute Gasteiger partial charge is 0.480 e. The van der Waals surface area contributed by atoms with Crippen molar-refractivity contribution in [3.05, 3.63) is 59.2 Å². The lowest BCUT2D eigenvalue weighted by Crippen LogP contribution is -2.27. The zero-order valence-electron chi connectivity index (χ0n) is 15.7. The van der Waals surface area contributed by atoms with Crippen LogP contribution < -0.4 is 10.6 Å². The van der Waals surface area contributed by atoms with Crippen LogP contribution in [0.15, 0.2) is 47.4 Å². The highest BCUT2D eigenvalue weighted by Gasteiger charge is 2.20. The van der Waals surface area contributed by atoms with Crippen LogP contribution in [0.3, 0.4) is 0 Å². The average molecular weight is 398 g/mol. The number of nitrogens with one attached hydrogen (secondary N) is 2. The van der Waals surface area contributed by atoms with Gasteiger partial charge in [0, 0.05) is 17.0 Å². The van der Waals surface area contributed by atoms with Gasteiger partial charge in [-0.1, -0.05) is 24.3 Å². The third-order valence-corrected chi connectivity index (χ3v) is 5.82. The minimum absolute atomic E-state index is 0.0197. The lowest BCUT2D eigenvalue weighted by atomic mass is 9.97. The van der Waals surface area contributed by atoms with Crippen molar-refractivity contribution in [1.82, 2.24) is 5.32 Å². The van der Waals surface area contributed by atoms with Gasteiger partial charge >= 0.3 is 5.97 Å². The lowest BCUT2D eigenvalue weighted by Gasteiger charge is -2.21. The number of anilines is 1. The van der Waals surface area contributed by atoms with E-state index in [4.69, 9.17) is 5.11 Å². The van der Waals surface area contributed by atoms with E-state index >= 15 is 0 Å². The second-order valence-corrected chi connectivity index (χ2v) is 8.14. The molecule has 1 aliphatic rings. The molecule has 28 heavy (non-hydrogen) atoms. The van der Waals surface area contributed by atoms with Gasteiger partial charge < -0.3 is 15.7 Å². The van der Waals surface area contributed by atoms with Crippen molar-refractivity contribution >= 4 is 35.2 Å². The Hall–Kier alpha value is -2.80. The molecule has 6 nitrogen and oxygen atoms in total.